The van der Waals surface area contributed by atoms with Crippen molar-refractivity contribution in [3.63, 3.8) is 0 Å². The molecule has 2 aromatic carbocycles. The van der Waals surface area contributed by atoms with Gasteiger partial charge < -0.3 is 10.6 Å². The Bertz CT molecular complexity index is 995. The third kappa shape index (κ3) is 6.20. The van der Waals surface area contributed by atoms with Crippen LogP contribution < -0.4 is 14.9 Å². The van der Waals surface area contributed by atoms with E-state index in [1.807, 2.05) is 13.8 Å². The van der Waals surface area contributed by atoms with Gasteiger partial charge >= 0.3 is 0 Å². The topological polar surface area (TPSA) is 95.6 Å². The van der Waals surface area contributed by atoms with E-state index in [1.165, 1.54) is 6.07 Å². The van der Waals surface area contributed by atoms with Gasteiger partial charge in [0.2, 0.25) is 15.9 Å². The lowest BCUT2D eigenvalue weighted by atomic mass is 10.1. The Balaban J connectivity index is 2.24. The Morgan fingerprint density at radius 2 is 1.72 bits per heavy atom. The monoisotopic (exact) mass is 437 g/mol. The Labute approximate surface area is 176 Å². The molecule has 0 fully saturated rings. The van der Waals surface area contributed by atoms with Crippen LogP contribution in [0.3, 0.4) is 0 Å². The lowest BCUT2D eigenvalue weighted by molar-refractivity contribution is -0.114. The van der Waals surface area contributed by atoms with E-state index in [0.29, 0.717) is 11.3 Å². The molecule has 1 unspecified atom stereocenters. The number of amides is 2. The van der Waals surface area contributed by atoms with E-state index in [0.717, 1.165) is 17.0 Å². The maximum atomic E-state index is 12.6. The molecular formula is C20H24ClN3O4S. The highest BCUT2D eigenvalue weighted by Gasteiger charge is 2.23. The van der Waals surface area contributed by atoms with Gasteiger partial charge in [-0.1, -0.05) is 42.8 Å². The summed E-state index contributed by atoms with van der Waals surface area (Å²) in [7, 11) is -3.76. The summed E-state index contributed by atoms with van der Waals surface area (Å²) >= 11 is 6.11. The molecule has 0 spiro atoms. The summed E-state index contributed by atoms with van der Waals surface area (Å²) in [4.78, 5) is 25.1. The fourth-order valence-corrected chi connectivity index (χ4v) is 3.71. The van der Waals surface area contributed by atoms with Crippen LogP contribution >= 0.6 is 11.6 Å². The number of halogens is 1. The molecule has 156 valence electrons. The lowest BCUT2D eigenvalue weighted by Crippen LogP contribution is -2.38. The van der Waals surface area contributed by atoms with Gasteiger partial charge in [0.05, 0.1) is 28.2 Å². The fourth-order valence-electron chi connectivity index (χ4n) is 2.55. The molecule has 0 heterocycles. The molecule has 2 amide bonds. The van der Waals surface area contributed by atoms with Gasteiger partial charge in [0, 0.05) is 6.04 Å². The number of benzene rings is 2. The van der Waals surface area contributed by atoms with Crippen LogP contribution in [0.2, 0.25) is 5.02 Å². The number of para-hydroxylation sites is 2. The largest absolute Gasteiger partial charge is 0.350 e. The smallest absolute Gasteiger partial charge is 0.253 e. The van der Waals surface area contributed by atoms with Crippen molar-refractivity contribution in [3.8, 4) is 0 Å². The number of anilines is 2. The minimum atomic E-state index is -3.76. The molecule has 0 saturated heterocycles. The number of carbonyl (C=O) groups excluding carboxylic acids is 2. The summed E-state index contributed by atoms with van der Waals surface area (Å²) in [6.07, 6.45) is 1.76. The average Bonchev–Trinajstić information content (AvgIpc) is 2.66. The lowest BCUT2D eigenvalue weighted by Gasteiger charge is -2.23. The van der Waals surface area contributed by atoms with Crippen LogP contribution in [0.1, 0.15) is 30.6 Å². The van der Waals surface area contributed by atoms with Crippen LogP contribution in [0.5, 0.6) is 0 Å². The number of rotatable bonds is 8. The first-order valence-corrected chi connectivity index (χ1v) is 11.3. The molecule has 0 aliphatic rings. The third-order valence-corrected chi connectivity index (χ3v) is 5.69. The van der Waals surface area contributed by atoms with Crippen molar-refractivity contribution in [1.82, 2.24) is 5.32 Å². The van der Waals surface area contributed by atoms with Gasteiger partial charge in [-0.25, -0.2) is 8.42 Å². The molecule has 2 N–H and O–H groups in total. The second-order valence-corrected chi connectivity index (χ2v) is 8.91. The highest BCUT2D eigenvalue weighted by Crippen LogP contribution is 2.27. The standard InChI is InChI=1S/C20H24ClN3O4S/c1-4-14(2)22-20(26)15-9-5-7-11-17(15)23-19(25)13-24(29(3,27)28)18-12-8-6-10-16(18)21/h5-12,14H,4,13H2,1-3H3,(H,22,26)(H,23,25). The van der Waals surface area contributed by atoms with Crippen LogP contribution in [-0.2, 0) is 14.8 Å². The zero-order valence-electron chi connectivity index (χ0n) is 16.5. The summed E-state index contributed by atoms with van der Waals surface area (Å²) in [5.41, 5.74) is 0.797. The summed E-state index contributed by atoms with van der Waals surface area (Å²) in [6.45, 7) is 3.35. The van der Waals surface area contributed by atoms with Crippen molar-refractivity contribution < 1.29 is 18.0 Å². The zero-order chi connectivity index (χ0) is 21.6. The highest BCUT2D eigenvalue weighted by molar-refractivity contribution is 7.92. The Morgan fingerprint density at radius 1 is 1.10 bits per heavy atom. The second-order valence-electron chi connectivity index (χ2n) is 6.60. The Hall–Kier alpha value is -2.58. The van der Waals surface area contributed by atoms with Crippen LogP contribution in [0, 0.1) is 0 Å². The molecule has 29 heavy (non-hydrogen) atoms. The van der Waals surface area contributed by atoms with Crippen molar-refractivity contribution in [2.24, 2.45) is 0 Å². The van der Waals surface area contributed by atoms with Gasteiger partial charge in [0.25, 0.3) is 5.91 Å². The van der Waals surface area contributed by atoms with E-state index >= 15 is 0 Å². The van der Waals surface area contributed by atoms with Gasteiger partial charge in [-0.05, 0) is 37.6 Å². The molecular weight excluding hydrogens is 414 g/mol. The minimum Gasteiger partial charge on any atom is -0.350 e. The van der Waals surface area contributed by atoms with Gasteiger partial charge in [-0.2, -0.15) is 0 Å². The summed E-state index contributed by atoms with van der Waals surface area (Å²) < 4.78 is 25.4. The summed E-state index contributed by atoms with van der Waals surface area (Å²) in [6, 6.07) is 12.9. The highest BCUT2D eigenvalue weighted by atomic mass is 35.5. The van der Waals surface area contributed by atoms with E-state index in [9.17, 15) is 18.0 Å². The average molecular weight is 438 g/mol. The van der Waals surface area contributed by atoms with Gasteiger partial charge in [0.1, 0.15) is 6.54 Å². The number of hydrogen-bond donors (Lipinski definition) is 2. The Morgan fingerprint density at radius 3 is 2.34 bits per heavy atom. The van der Waals surface area contributed by atoms with E-state index in [4.69, 9.17) is 11.6 Å². The summed E-state index contributed by atoms with van der Waals surface area (Å²) in [5.74, 6) is -0.916. The number of carbonyl (C=O) groups is 2. The molecule has 0 bridgehead atoms. The normalized spacial score (nSPS) is 12.1. The number of nitrogens with one attached hydrogen (secondary N) is 2. The maximum Gasteiger partial charge on any atom is 0.253 e. The first-order chi connectivity index (χ1) is 13.6. The fraction of sp³-hybridized carbons (Fsp3) is 0.300. The van der Waals surface area contributed by atoms with Gasteiger partial charge in [-0.3, -0.25) is 13.9 Å². The zero-order valence-corrected chi connectivity index (χ0v) is 18.0. The van der Waals surface area contributed by atoms with Crippen LogP contribution in [0.15, 0.2) is 48.5 Å². The number of hydrogen-bond acceptors (Lipinski definition) is 4. The van der Waals surface area contributed by atoms with Crippen molar-refractivity contribution in [2.45, 2.75) is 26.3 Å². The molecule has 2 aromatic rings. The predicted molar refractivity (Wildman–Crippen MR) is 116 cm³/mol. The van der Waals surface area contributed by atoms with Crippen molar-refractivity contribution in [1.29, 1.82) is 0 Å². The molecule has 2 rings (SSSR count). The maximum absolute atomic E-state index is 12.6. The minimum absolute atomic E-state index is 0.0211. The van der Waals surface area contributed by atoms with E-state index in [1.54, 1.807) is 42.5 Å². The van der Waals surface area contributed by atoms with Gasteiger partial charge in [-0.15, -0.1) is 0 Å². The van der Waals surface area contributed by atoms with Crippen molar-refractivity contribution in [3.05, 3.63) is 59.1 Å². The second kappa shape index (κ2) is 9.76. The first-order valence-electron chi connectivity index (χ1n) is 9.05. The van der Waals surface area contributed by atoms with E-state index in [2.05, 4.69) is 10.6 Å². The predicted octanol–water partition coefficient (Wildman–Crippen LogP) is 3.27. The van der Waals surface area contributed by atoms with Crippen molar-refractivity contribution >= 4 is 44.8 Å². The number of sulfonamides is 1. The summed E-state index contributed by atoms with van der Waals surface area (Å²) in [5, 5.41) is 5.68. The molecule has 0 radical (unpaired) electrons. The molecule has 0 aromatic heterocycles. The van der Waals surface area contributed by atoms with Crippen LogP contribution in [-0.4, -0.2) is 39.1 Å². The molecule has 1 atom stereocenters. The first kappa shape index (κ1) is 22.7. The molecule has 0 saturated carbocycles. The van der Waals surface area contributed by atoms with Gasteiger partial charge in [0.15, 0.2) is 0 Å². The third-order valence-electron chi connectivity index (χ3n) is 4.24. The molecule has 0 aliphatic heterocycles. The quantitative estimate of drug-likeness (QED) is 0.662. The van der Waals surface area contributed by atoms with E-state index < -0.39 is 22.5 Å². The Kier molecular flexibility index (Phi) is 7.64. The van der Waals surface area contributed by atoms with Crippen LogP contribution in [0.4, 0.5) is 11.4 Å². The molecule has 7 nitrogen and oxygen atoms in total. The molecule has 9 heteroatoms. The number of nitrogens with zero attached hydrogens (tertiary/aromatic N) is 1. The van der Waals surface area contributed by atoms with Crippen LogP contribution in [0.25, 0.3) is 0 Å². The van der Waals surface area contributed by atoms with Crippen molar-refractivity contribution in [2.75, 3.05) is 22.4 Å². The van der Waals surface area contributed by atoms with E-state index in [-0.39, 0.29) is 22.7 Å². The SMILES string of the molecule is CCC(C)NC(=O)c1ccccc1NC(=O)CN(c1ccccc1Cl)S(C)(=O)=O. The molecule has 0 aliphatic carbocycles.